The number of furan rings is 1. The molecule has 0 saturated heterocycles. The van der Waals surface area contributed by atoms with Crippen LogP contribution >= 0.6 is 0 Å². The number of aromatic nitrogens is 1. The largest absolute Gasteiger partial charge is 0.456 e. The number of hydrogen-bond acceptors (Lipinski definition) is 1. The Morgan fingerprint density at radius 1 is 1.00 bits per heavy atom. The second-order valence-electron chi connectivity index (χ2n) is 8.09. The predicted molar refractivity (Wildman–Crippen MR) is 121 cm³/mol. The number of nitrogens with zero attached hydrogens (tertiary/aromatic N) is 1. The SMILES string of the molecule is [2H]C([2H])(c1cc[n+](C)c(-c2ccc3c(oc4ccc5ccccc5c43)c2C)c1)C(C)C. The van der Waals surface area contributed by atoms with Crippen molar-refractivity contribution in [3.8, 4) is 11.3 Å². The van der Waals surface area contributed by atoms with E-state index in [0.29, 0.717) is 5.56 Å². The van der Waals surface area contributed by atoms with Gasteiger partial charge >= 0.3 is 0 Å². The summed E-state index contributed by atoms with van der Waals surface area (Å²) in [6, 6.07) is 20.7. The quantitative estimate of drug-likeness (QED) is 0.316. The van der Waals surface area contributed by atoms with E-state index in [4.69, 9.17) is 7.16 Å². The highest BCUT2D eigenvalue weighted by Gasteiger charge is 2.19. The third-order valence-electron chi connectivity index (χ3n) is 5.66. The molecule has 0 fully saturated rings. The van der Waals surface area contributed by atoms with Gasteiger partial charge in [-0.05, 0) is 53.7 Å². The summed E-state index contributed by atoms with van der Waals surface area (Å²) in [6.45, 7) is 5.93. The number of hydrogen-bond donors (Lipinski definition) is 0. The molecule has 0 spiro atoms. The zero-order chi connectivity index (χ0) is 21.9. The minimum Gasteiger partial charge on any atom is -0.456 e. The molecular formula is C27H26NO+. The molecule has 29 heavy (non-hydrogen) atoms. The van der Waals surface area contributed by atoms with Gasteiger partial charge in [0.2, 0.25) is 5.69 Å². The molecule has 0 atom stereocenters. The molecule has 2 nitrogen and oxygen atoms in total. The molecule has 2 heteroatoms. The van der Waals surface area contributed by atoms with Crippen molar-refractivity contribution in [2.24, 2.45) is 13.0 Å². The maximum atomic E-state index is 8.53. The van der Waals surface area contributed by atoms with E-state index in [2.05, 4.69) is 55.5 Å². The topological polar surface area (TPSA) is 17.0 Å². The molecule has 0 unspecified atom stereocenters. The van der Waals surface area contributed by atoms with E-state index in [9.17, 15) is 0 Å². The van der Waals surface area contributed by atoms with Crippen LogP contribution in [-0.4, -0.2) is 0 Å². The molecule has 0 aliphatic heterocycles. The molecule has 0 bridgehead atoms. The van der Waals surface area contributed by atoms with E-state index >= 15 is 0 Å². The average molecular weight is 383 g/mol. The molecule has 3 aromatic carbocycles. The third-order valence-corrected chi connectivity index (χ3v) is 5.66. The standard InChI is InChI=1S/C27H26NO/c1-17(2)15-19-13-14-28(4)24(16-19)21-10-11-23-26-22-8-6-5-7-20(22)9-12-25(26)29-27(23)18(21)3/h5-14,16-17H,15H2,1-4H3/q+1/i15D2. The molecule has 144 valence electrons. The van der Waals surface area contributed by atoms with Crippen LogP contribution in [0.25, 0.3) is 44.0 Å². The Morgan fingerprint density at radius 3 is 2.66 bits per heavy atom. The van der Waals surface area contributed by atoms with E-state index in [1.165, 1.54) is 10.8 Å². The van der Waals surface area contributed by atoms with Crippen LogP contribution in [0.4, 0.5) is 0 Å². The van der Waals surface area contributed by atoms with Crippen molar-refractivity contribution in [1.29, 1.82) is 0 Å². The number of rotatable bonds is 3. The fourth-order valence-electron chi connectivity index (χ4n) is 4.28. The van der Waals surface area contributed by atoms with Crippen molar-refractivity contribution in [3.05, 3.63) is 78.0 Å². The molecular weight excluding hydrogens is 354 g/mol. The van der Waals surface area contributed by atoms with Crippen LogP contribution in [0.1, 0.15) is 27.7 Å². The van der Waals surface area contributed by atoms with Crippen LogP contribution in [0.2, 0.25) is 0 Å². The molecule has 0 radical (unpaired) electrons. The Labute approximate surface area is 174 Å². The Kier molecular flexibility index (Phi) is 3.66. The zero-order valence-corrected chi connectivity index (χ0v) is 17.3. The molecule has 0 aliphatic carbocycles. The zero-order valence-electron chi connectivity index (χ0n) is 19.3. The first-order valence-electron chi connectivity index (χ1n) is 11.1. The third kappa shape index (κ3) is 2.91. The Balaban J connectivity index is 1.77. The minimum atomic E-state index is -1.39. The van der Waals surface area contributed by atoms with E-state index in [1.807, 2.05) is 43.8 Å². The number of benzene rings is 3. The van der Waals surface area contributed by atoms with E-state index in [-0.39, 0.29) is 5.92 Å². The first-order chi connectivity index (χ1) is 14.8. The summed E-state index contributed by atoms with van der Waals surface area (Å²) in [4.78, 5) is 0. The number of pyridine rings is 1. The summed E-state index contributed by atoms with van der Waals surface area (Å²) in [5.74, 6) is -0.111. The van der Waals surface area contributed by atoms with Crippen LogP contribution in [0.15, 0.2) is 71.3 Å². The van der Waals surface area contributed by atoms with Crippen molar-refractivity contribution in [2.45, 2.75) is 27.1 Å². The van der Waals surface area contributed by atoms with Gasteiger partial charge in [0.1, 0.15) is 18.2 Å². The molecule has 5 rings (SSSR count). The van der Waals surface area contributed by atoms with Gasteiger partial charge in [0.05, 0.1) is 5.56 Å². The summed E-state index contributed by atoms with van der Waals surface area (Å²) < 4.78 is 25.4. The molecule has 2 aromatic heterocycles. The van der Waals surface area contributed by atoms with Gasteiger partial charge in [0.15, 0.2) is 6.20 Å². The van der Waals surface area contributed by atoms with E-state index in [1.54, 1.807) is 0 Å². The van der Waals surface area contributed by atoms with Crippen molar-refractivity contribution >= 4 is 32.7 Å². The maximum Gasteiger partial charge on any atom is 0.212 e. The normalized spacial score (nSPS) is 13.4. The minimum absolute atomic E-state index is 0.111. The summed E-state index contributed by atoms with van der Waals surface area (Å²) in [5, 5.41) is 4.67. The van der Waals surface area contributed by atoms with Gasteiger partial charge in [0, 0.05) is 31.2 Å². The smallest absolute Gasteiger partial charge is 0.212 e. The van der Waals surface area contributed by atoms with Crippen molar-refractivity contribution in [1.82, 2.24) is 0 Å². The van der Waals surface area contributed by atoms with E-state index in [0.717, 1.165) is 38.8 Å². The van der Waals surface area contributed by atoms with Gasteiger partial charge in [-0.3, -0.25) is 0 Å². The molecule has 0 N–H and O–H groups in total. The lowest BCUT2D eigenvalue weighted by Crippen LogP contribution is -2.30. The lowest BCUT2D eigenvalue weighted by Gasteiger charge is -2.09. The van der Waals surface area contributed by atoms with Crippen molar-refractivity contribution in [3.63, 3.8) is 0 Å². The predicted octanol–water partition coefficient (Wildman–Crippen LogP) is 6.74. The highest BCUT2D eigenvalue weighted by atomic mass is 16.3. The lowest BCUT2D eigenvalue weighted by atomic mass is 9.97. The van der Waals surface area contributed by atoms with Crippen LogP contribution < -0.4 is 4.57 Å². The summed E-state index contributed by atoms with van der Waals surface area (Å²) in [7, 11) is 2.00. The van der Waals surface area contributed by atoms with Crippen LogP contribution in [0.5, 0.6) is 0 Å². The molecule has 0 saturated carbocycles. The summed E-state index contributed by atoms with van der Waals surface area (Å²) in [6.07, 6.45) is 0.556. The Bertz CT molecular complexity index is 1460. The highest BCUT2D eigenvalue weighted by Crippen LogP contribution is 2.38. The van der Waals surface area contributed by atoms with E-state index < -0.39 is 6.37 Å². The summed E-state index contributed by atoms with van der Waals surface area (Å²) in [5.41, 5.74) is 5.58. The first-order valence-corrected chi connectivity index (χ1v) is 10.1. The van der Waals surface area contributed by atoms with Crippen molar-refractivity contribution < 1.29 is 11.7 Å². The fraction of sp³-hybridized carbons (Fsp3) is 0.222. The molecule has 0 amide bonds. The van der Waals surface area contributed by atoms with Gasteiger partial charge in [-0.15, -0.1) is 0 Å². The second kappa shape index (κ2) is 6.73. The average Bonchev–Trinajstić information content (AvgIpc) is 3.14. The van der Waals surface area contributed by atoms with Gasteiger partial charge in [0.25, 0.3) is 0 Å². The number of aryl methyl sites for hydroxylation is 2. The van der Waals surface area contributed by atoms with Crippen LogP contribution in [0, 0.1) is 12.8 Å². The molecule has 5 aromatic rings. The van der Waals surface area contributed by atoms with Gasteiger partial charge in [-0.25, -0.2) is 4.57 Å². The molecule has 2 heterocycles. The second-order valence-corrected chi connectivity index (χ2v) is 8.09. The maximum absolute atomic E-state index is 8.53. The lowest BCUT2D eigenvalue weighted by molar-refractivity contribution is -0.660. The summed E-state index contributed by atoms with van der Waals surface area (Å²) >= 11 is 0. The van der Waals surface area contributed by atoms with Crippen molar-refractivity contribution in [2.75, 3.05) is 0 Å². The first kappa shape index (κ1) is 15.8. The Hall–Kier alpha value is -3.13. The van der Waals surface area contributed by atoms with Gasteiger partial charge in [-0.1, -0.05) is 44.2 Å². The van der Waals surface area contributed by atoms with Crippen LogP contribution in [-0.2, 0) is 13.4 Å². The van der Waals surface area contributed by atoms with Crippen LogP contribution in [0.3, 0.4) is 0 Å². The van der Waals surface area contributed by atoms with Gasteiger partial charge < -0.3 is 4.42 Å². The fourth-order valence-corrected chi connectivity index (χ4v) is 4.28. The number of fused-ring (bicyclic) bond motifs is 5. The monoisotopic (exact) mass is 382 g/mol. The van der Waals surface area contributed by atoms with Gasteiger partial charge in [-0.2, -0.15) is 0 Å². The molecule has 0 aliphatic rings. The Morgan fingerprint density at radius 2 is 1.83 bits per heavy atom. The highest BCUT2D eigenvalue weighted by molar-refractivity contribution is 6.19.